The van der Waals surface area contributed by atoms with Gasteiger partial charge in [-0.3, -0.25) is 0 Å². The van der Waals surface area contributed by atoms with Crippen molar-refractivity contribution in [2.24, 2.45) is 0 Å². The van der Waals surface area contributed by atoms with Gasteiger partial charge in [-0.1, -0.05) is 26.2 Å². The number of aromatic nitrogens is 2. The van der Waals surface area contributed by atoms with Crippen molar-refractivity contribution in [2.75, 3.05) is 5.73 Å². The number of nitrogens with zero attached hydrogens (tertiary/aromatic N) is 2. The molecular weight excluding hydrogens is 252 g/mol. The summed E-state index contributed by atoms with van der Waals surface area (Å²) in [4.78, 5) is 7.39. The molecule has 1 aromatic heterocycles. The molecule has 0 spiro atoms. The van der Waals surface area contributed by atoms with Crippen LogP contribution in [0.2, 0.25) is 0 Å². The fourth-order valence-corrected chi connectivity index (χ4v) is 2.72. The second-order valence-corrected chi connectivity index (χ2v) is 6.01. The van der Waals surface area contributed by atoms with Crippen LogP contribution in [0.15, 0.2) is 17.3 Å². The molecule has 0 bridgehead atoms. The average Bonchev–Trinajstić information content (AvgIpc) is 2.29. The summed E-state index contributed by atoms with van der Waals surface area (Å²) in [5, 5.41) is 0. The van der Waals surface area contributed by atoms with E-state index in [1.165, 1.54) is 12.4 Å². The Morgan fingerprint density at radius 3 is 2.50 bits per heavy atom. The summed E-state index contributed by atoms with van der Waals surface area (Å²) in [6.07, 6.45) is 6.48. The summed E-state index contributed by atoms with van der Waals surface area (Å²) < 4.78 is 26.5. The van der Waals surface area contributed by atoms with Gasteiger partial charge in [0.25, 0.3) is 0 Å². The molecule has 0 aromatic carbocycles. The predicted molar refractivity (Wildman–Crippen MR) is 70.4 cm³/mol. The number of sulfonamides is 1. The maximum atomic E-state index is 12.0. The predicted octanol–water partition coefficient (Wildman–Crippen LogP) is 1.31. The lowest BCUT2D eigenvalue weighted by Crippen LogP contribution is -2.32. The molecule has 0 fully saturated rings. The molecule has 0 amide bonds. The van der Waals surface area contributed by atoms with E-state index in [1.54, 1.807) is 0 Å². The van der Waals surface area contributed by atoms with E-state index in [2.05, 4.69) is 21.6 Å². The van der Waals surface area contributed by atoms with E-state index in [1.807, 2.05) is 6.92 Å². The monoisotopic (exact) mass is 272 g/mol. The summed E-state index contributed by atoms with van der Waals surface area (Å²) in [6.45, 7) is 3.96. The molecule has 1 heterocycles. The molecule has 1 rings (SSSR count). The molecule has 0 saturated carbocycles. The molecule has 0 saturated heterocycles. The third-order valence-corrected chi connectivity index (χ3v) is 4.10. The minimum atomic E-state index is -3.54. The van der Waals surface area contributed by atoms with Crippen molar-refractivity contribution in [3.8, 4) is 0 Å². The van der Waals surface area contributed by atoms with E-state index in [0.29, 0.717) is 0 Å². The normalized spacial score (nSPS) is 13.4. The smallest absolute Gasteiger partial charge is 0.243 e. The lowest BCUT2D eigenvalue weighted by atomic mass is 10.1. The number of rotatable bonds is 7. The van der Waals surface area contributed by atoms with Crippen LogP contribution in [0, 0.1) is 0 Å². The first-order chi connectivity index (χ1) is 8.45. The van der Waals surface area contributed by atoms with E-state index in [0.717, 1.165) is 25.7 Å². The van der Waals surface area contributed by atoms with Crippen molar-refractivity contribution in [3.63, 3.8) is 0 Å². The highest BCUT2D eigenvalue weighted by molar-refractivity contribution is 7.89. The molecule has 0 radical (unpaired) electrons. The molecule has 102 valence electrons. The van der Waals surface area contributed by atoms with Crippen LogP contribution in [-0.4, -0.2) is 24.4 Å². The first-order valence-corrected chi connectivity index (χ1v) is 7.54. The van der Waals surface area contributed by atoms with E-state index in [-0.39, 0.29) is 16.9 Å². The molecule has 6 nitrogen and oxygen atoms in total. The molecular formula is C11H20N4O2S. The first kappa shape index (κ1) is 14.8. The minimum absolute atomic E-state index is 0.0408. The van der Waals surface area contributed by atoms with Crippen LogP contribution in [0.25, 0.3) is 0 Å². The van der Waals surface area contributed by atoms with Gasteiger partial charge >= 0.3 is 0 Å². The van der Waals surface area contributed by atoms with Gasteiger partial charge in [0.1, 0.15) is 4.90 Å². The summed E-state index contributed by atoms with van der Waals surface area (Å²) in [7, 11) is -3.54. The highest BCUT2D eigenvalue weighted by atomic mass is 32.2. The lowest BCUT2D eigenvalue weighted by Gasteiger charge is -2.13. The summed E-state index contributed by atoms with van der Waals surface area (Å²) in [5.41, 5.74) is 5.31. The Hall–Kier alpha value is -1.21. The van der Waals surface area contributed by atoms with Gasteiger partial charge in [0.15, 0.2) is 0 Å². The van der Waals surface area contributed by atoms with Gasteiger partial charge in [-0.25, -0.2) is 23.1 Å². The largest absolute Gasteiger partial charge is 0.368 e. The lowest BCUT2D eigenvalue weighted by molar-refractivity contribution is 0.527. The second-order valence-electron chi connectivity index (χ2n) is 4.30. The van der Waals surface area contributed by atoms with E-state index >= 15 is 0 Å². The second kappa shape index (κ2) is 6.65. The van der Waals surface area contributed by atoms with Gasteiger partial charge < -0.3 is 5.73 Å². The highest BCUT2D eigenvalue weighted by Crippen LogP contribution is 2.09. The van der Waals surface area contributed by atoms with Crippen molar-refractivity contribution in [1.29, 1.82) is 0 Å². The fraction of sp³-hybridized carbons (Fsp3) is 0.636. The molecule has 0 aliphatic rings. The molecule has 18 heavy (non-hydrogen) atoms. The zero-order valence-electron chi connectivity index (χ0n) is 10.8. The number of unbranched alkanes of at least 4 members (excludes halogenated alkanes) is 2. The van der Waals surface area contributed by atoms with Crippen molar-refractivity contribution < 1.29 is 8.42 Å². The van der Waals surface area contributed by atoms with Crippen LogP contribution < -0.4 is 10.5 Å². The molecule has 1 aromatic rings. The molecule has 0 aliphatic carbocycles. The zero-order chi connectivity index (χ0) is 13.6. The zero-order valence-corrected chi connectivity index (χ0v) is 11.6. The van der Waals surface area contributed by atoms with Gasteiger partial charge in [-0.2, -0.15) is 0 Å². The first-order valence-electron chi connectivity index (χ1n) is 6.05. The highest BCUT2D eigenvalue weighted by Gasteiger charge is 2.17. The third kappa shape index (κ3) is 4.58. The topological polar surface area (TPSA) is 98.0 Å². The third-order valence-electron chi connectivity index (χ3n) is 2.56. The van der Waals surface area contributed by atoms with Crippen molar-refractivity contribution in [3.05, 3.63) is 12.4 Å². The molecule has 0 aliphatic heterocycles. The fourth-order valence-electron chi connectivity index (χ4n) is 1.56. The van der Waals surface area contributed by atoms with Crippen LogP contribution in [0.5, 0.6) is 0 Å². The maximum Gasteiger partial charge on any atom is 0.243 e. The number of nitrogens with one attached hydrogen (secondary N) is 1. The Kier molecular flexibility index (Phi) is 5.49. The van der Waals surface area contributed by atoms with E-state index in [9.17, 15) is 8.42 Å². The number of hydrogen-bond donors (Lipinski definition) is 2. The Morgan fingerprint density at radius 2 is 1.94 bits per heavy atom. The minimum Gasteiger partial charge on any atom is -0.368 e. The van der Waals surface area contributed by atoms with Gasteiger partial charge in [0, 0.05) is 6.04 Å². The molecule has 7 heteroatoms. The van der Waals surface area contributed by atoms with Crippen molar-refractivity contribution >= 4 is 16.0 Å². The quantitative estimate of drug-likeness (QED) is 0.729. The molecule has 1 atom stereocenters. The number of nitrogen functional groups attached to an aromatic ring is 1. The Morgan fingerprint density at radius 1 is 1.33 bits per heavy atom. The van der Waals surface area contributed by atoms with Crippen molar-refractivity contribution in [1.82, 2.24) is 14.7 Å². The van der Waals surface area contributed by atoms with Crippen LogP contribution in [0.4, 0.5) is 5.95 Å². The molecule has 1 unspecified atom stereocenters. The van der Waals surface area contributed by atoms with Gasteiger partial charge in [0.05, 0.1) is 12.4 Å². The van der Waals surface area contributed by atoms with Crippen LogP contribution in [-0.2, 0) is 10.0 Å². The Balaban J connectivity index is 2.61. The maximum absolute atomic E-state index is 12.0. The summed E-state index contributed by atoms with van der Waals surface area (Å²) in [5.74, 6) is 0.0601. The SMILES string of the molecule is CCCCCC(C)NS(=O)(=O)c1cnc(N)nc1. The summed E-state index contributed by atoms with van der Waals surface area (Å²) >= 11 is 0. The Labute approximate surface area is 108 Å². The number of hydrogen-bond acceptors (Lipinski definition) is 5. The van der Waals surface area contributed by atoms with Gasteiger partial charge in [-0.05, 0) is 13.3 Å². The van der Waals surface area contributed by atoms with Crippen LogP contribution in [0.3, 0.4) is 0 Å². The molecule has 3 N–H and O–H groups in total. The van der Waals surface area contributed by atoms with Gasteiger partial charge in [0.2, 0.25) is 16.0 Å². The van der Waals surface area contributed by atoms with Crippen LogP contribution >= 0.6 is 0 Å². The average molecular weight is 272 g/mol. The van der Waals surface area contributed by atoms with Crippen molar-refractivity contribution in [2.45, 2.75) is 50.5 Å². The van der Waals surface area contributed by atoms with Gasteiger partial charge in [-0.15, -0.1) is 0 Å². The number of nitrogens with two attached hydrogens (primary N) is 1. The number of anilines is 1. The summed E-state index contributed by atoms with van der Waals surface area (Å²) in [6, 6.07) is -0.0981. The van der Waals surface area contributed by atoms with E-state index < -0.39 is 10.0 Å². The Bertz CT molecular complexity index is 458. The van der Waals surface area contributed by atoms with E-state index in [4.69, 9.17) is 5.73 Å². The standard InChI is InChI=1S/C11H20N4O2S/c1-3-4-5-6-9(2)15-18(16,17)10-7-13-11(12)14-8-10/h7-9,15H,3-6H2,1-2H3,(H2,12,13,14). The van der Waals surface area contributed by atoms with Crippen LogP contribution in [0.1, 0.15) is 39.5 Å².